The molecule has 0 aromatic rings. The van der Waals surface area contributed by atoms with Crippen LogP contribution in [0.3, 0.4) is 0 Å². The number of terminal acetylenes is 1. The quantitative estimate of drug-likeness (QED) is 0.501. The zero-order chi connectivity index (χ0) is 11.8. The van der Waals surface area contributed by atoms with Gasteiger partial charge in [-0.15, -0.1) is 12.3 Å². The van der Waals surface area contributed by atoms with E-state index < -0.39 is 12.1 Å². The fourth-order valence-corrected chi connectivity index (χ4v) is 1.78. The van der Waals surface area contributed by atoms with Gasteiger partial charge in [0, 0.05) is 13.0 Å². The normalized spacial score (nSPS) is 24.2. The van der Waals surface area contributed by atoms with Gasteiger partial charge in [-0.1, -0.05) is 0 Å². The Balaban J connectivity index is 1.99. The molecule has 2 atom stereocenters. The summed E-state index contributed by atoms with van der Waals surface area (Å²) in [6.07, 6.45) is 8.95. The van der Waals surface area contributed by atoms with Crippen LogP contribution in [0, 0.1) is 12.3 Å². The van der Waals surface area contributed by atoms with E-state index in [-0.39, 0.29) is 6.10 Å². The summed E-state index contributed by atoms with van der Waals surface area (Å²) < 4.78 is 5.36. The second-order valence-electron chi connectivity index (χ2n) is 4.03. The first-order chi connectivity index (χ1) is 7.74. The van der Waals surface area contributed by atoms with Crippen molar-refractivity contribution in [2.45, 2.75) is 44.3 Å². The first-order valence-corrected chi connectivity index (χ1v) is 5.76. The van der Waals surface area contributed by atoms with Crippen molar-refractivity contribution in [3.05, 3.63) is 0 Å². The molecule has 0 radical (unpaired) electrons. The Bertz CT molecular complexity index is 259. The third-order valence-electron chi connectivity index (χ3n) is 2.68. The Morgan fingerprint density at radius 3 is 2.94 bits per heavy atom. The first kappa shape index (κ1) is 13.0. The van der Waals surface area contributed by atoms with Gasteiger partial charge in [0.2, 0.25) is 0 Å². The predicted octanol–water partition coefficient (Wildman–Crippen LogP) is 1.01. The average molecular weight is 225 g/mol. The van der Waals surface area contributed by atoms with Gasteiger partial charge in [0.1, 0.15) is 0 Å². The lowest BCUT2D eigenvalue weighted by atomic mass is 10.2. The number of unbranched alkanes of at least 4 members (excludes halogenated alkanes) is 2. The monoisotopic (exact) mass is 225 g/mol. The highest BCUT2D eigenvalue weighted by Crippen LogP contribution is 2.19. The molecule has 1 fully saturated rings. The highest BCUT2D eigenvalue weighted by Gasteiger charge is 2.29. The summed E-state index contributed by atoms with van der Waals surface area (Å²) in [6, 6.07) is 0. The zero-order valence-corrected chi connectivity index (χ0v) is 9.45. The number of carbonyl (C=O) groups is 1. The summed E-state index contributed by atoms with van der Waals surface area (Å²) in [4.78, 5) is 10.6. The Labute approximate surface area is 96.4 Å². The van der Waals surface area contributed by atoms with Gasteiger partial charge >= 0.3 is 5.97 Å². The van der Waals surface area contributed by atoms with Gasteiger partial charge in [-0.05, 0) is 32.2 Å². The van der Waals surface area contributed by atoms with Gasteiger partial charge in [0.05, 0.1) is 6.10 Å². The van der Waals surface area contributed by atoms with Gasteiger partial charge < -0.3 is 15.2 Å². The van der Waals surface area contributed by atoms with Gasteiger partial charge in [-0.3, -0.25) is 0 Å². The fraction of sp³-hybridized carbons (Fsp3) is 0.750. The zero-order valence-electron chi connectivity index (χ0n) is 9.45. The molecule has 0 saturated carbocycles. The van der Waals surface area contributed by atoms with Crippen LogP contribution in [0.15, 0.2) is 0 Å². The molecule has 1 aliphatic heterocycles. The lowest BCUT2D eigenvalue weighted by molar-refractivity contribution is -0.149. The second kappa shape index (κ2) is 7.26. The van der Waals surface area contributed by atoms with Gasteiger partial charge in [0.15, 0.2) is 6.10 Å². The van der Waals surface area contributed by atoms with Crippen LogP contribution in [0.25, 0.3) is 0 Å². The molecule has 0 aliphatic carbocycles. The summed E-state index contributed by atoms with van der Waals surface area (Å²) in [5, 5.41) is 12.0. The van der Waals surface area contributed by atoms with Crippen LogP contribution in [0.1, 0.15) is 32.1 Å². The van der Waals surface area contributed by atoms with Crippen molar-refractivity contribution in [2.75, 3.05) is 13.1 Å². The molecule has 0 bridgehead atoms. The maximum absolute atomic E-state index is 10.6. The van der Waals surface area contributed by atoms with Crippen LogP contribution in [-0.4, -0.2) is 36.4 Å². The molecule has 1 saturated heterocycles. The molecule has 16 heavy (non-hydrogen) atoms. The molecule has 90 valence electrons. The maximum Gasteiger partial charge on any atom is 0.332 e. The van der Waals surface area contributed by atoms with Crippen LogP contribution < -0.4 is 5.32 Å². The van der Waals surface area contributed by atoms with Crippen molar-refractivity contribution >= 4 is 5.97 Å². The largest absolute Gasteiger partial charge is 0.479 e. The van der Waals surface area contributed by atoms with E-state index in [1.165, 1.54) is 0 Å². The van der Waals surface area contributed by atoms with Crippen LogP contribution >= 0.6 is 0 Å². The Morgan fingerprint density at radius 2 is 2.31 bits per heavy atom. The number of aliphatic carboxylic acids is 1. The van der Waals surface area contributed by atoms with E-state index in [2.05, 4.69) is 11.2 Å². The molecule has 0 aromatic carbocycles. The van der Waals surface area contributed by atoms with Gasteiger partial charge in [0.25, 0.3) is 0 Å². The number of nitrogens with one attached hydrogen (secondary N) is 1. The van der Waals surface area contributed by atoms with E-state index in [9.17, 15) is 4.79 Å². The summed E-state index contributed by atoms with van der Waals surface area (Å²) in [6.45, 7) is 1.65. The molecule has 2 N–H and O–H groups in total. The molecule has 4 heteroatoms. The van der Waals surface area contributed by atoms with Crippen molar-refractivity contribution in [2.24, 2.45) is 0 Å². The molecule has 1 aliphatic rings. The maximum atomic E-state index is 10.6. The Hall–Kier alpha value is -1.05. The fourth-order valence-electron chi connectivity index (χ4n) is 1.78. The lowest BCUT2D eigenvalue weighted by Gasteiger charge is -2.11. The van der Waals surface area contributed by atoms with Crippen molar-refractivity contribution < 1.29 is 14.6 Å². The van der Waals surface area contributed by atoms with Gasteiger partial charge in [-0.2, -0.15) is 0 Å². The molecular formula is C12H19NO3. The van der Waals surface area contributed by atoms with Gasteiger partial charge in [-0.25, -0.2) is 4.79 Å². The molecule has 0 amide bonds. The van der Waals surface area contributed by atoms with Crippen molar-refractivity contribution in [3.8, 4) is 12.3 Å². The third-order valence-corrected chi connectivity index (χ3v) is 2.68. The van der Waals surface area contributed by atoms with Crippen LogP contribution in [0.5, 0.6) is 0 Å². The number of carboxylic acid groups (broad SMARTS) is 1. The summed E-state index contributed by atoms with van der Waals surface area (Å²) in [5.41, 5.74) is 0. The molecule has 0 aromatic heterocycles. The van der Waals surface area contributed by atoms with Crippen LogP contribution in [-0.2, 0) is 9.53 Å². The number of carboxylic acids is 1. The van der Waals surface area contributed by atoms with Crippen molar-refractivity contribution in [1.29, 1.82) is 0 Å². The van der Waals surface area contributed by atoms with Crippen LogP contribution in [0.4, 0.5) is 0 Å². The topological polar surface area (TPSA) is 58.6 Å². The smallest absolute Gasteiger partial charge is 0.332 e. The van der Waals surface area contributed by atoms with E-state index in [0.29, 0.717) is 6.42 Å². The summed E-state index contributed by atoms with van der Waals surface area (Å²) in [5.74, 6) is 1.75. The standard InChI is InChI=1S/C12H19NO3/c1-2-3-4-5-8-13-9-10-6-7-11(16-10)12(14)15/h1,10-11,13H,3-9H2,(H,14,15). The minimum atomic E-state index is -0.850. The minimum absolute atomic E-state index is 0.0498. The second-order valence-corrected chi connectivity index (χ2v) is 4.03. The van der Waals surface area contributed by atoms with Crippen molar-refractivity contribution in [3.63, 3.8) is 0 Å². The molecular weight excluding hydrogens is 206 g/mol. The van der Waals surface area contributed by atoms with Crippen molar-refractivity contribution in [1.82, 2.24) is 5.32 Å². The average Bonchev–Trinajstić information content (AvgIpc) is 2.72. The van der Waals surface area contributed by atoms with Crippen LogP contribution in [0.2, 0.25) is 0 Å². The molecule has 0 spiro atoms. The molecule has 4 nitrogen and oxygen atoms in total. The van der Waals surface area contributed by atoms with E-state index >= 15 is 0 Å². The Morgan fingerprint density at radius 1 is 1.50 bits per heavy atom. The lowest BCUT2D eigenvalue weighted by Crippen LogP contribution is -2.29. The van der Waals surface area contributed by atoms with E-state index in [1.54, 1.807) is 0 Å². The summed E-state index contributed by atoms with van der Waals surface area (Å²) >= 11 is 0. The molecule has 2 unspecified atom stereocenters. The van der Waals surface area contributed by atoms with E-state index in [1.807, 2.05) is 0 Å². The number of hydrogen-bond donors (Lipinski definition) is 2. The molecule has 1 rings (SSSR count). The minimum Gasteiger partial charge on any atom is -0.479 e. The number of hydrogen-bond acceptors (Lipinski definition) is 3. The highest BCUT2D eigenvalue weighted by molar-refractivity contribution is 5.72. The summed E-state index contributed by atoms with van der Waals surface area (Å²) in [7, 11) is 0. The third kappa shape index (κ3) is 4.65. The Kier molecular flexibility index (Phi) is 5.91. The molecule has 1 heterocycles. The number of rotatable bonds is 7. The predicted molar refractivity (Wildman–Crippen MR) is 61.1 cm³/mol. The SMILES string of the molecule is C#CCCCCNCC1CCC(C(=O)O)O1. The number of ether oxygens (including phenoxy) is 1. The van der Waals surface area contributed by atoms with E-state index in [4.69, 9.17) is 16.3 Å². The first-order valence-electron chi connectivity index (χ1n) is 5.76. The van der Waals surface area contributed by atoms with E-state index in [0.717, 1.165) is 38.8 Å². The highest BCUT2D eigenvalue weighted by atomic mass is 16.5.